The van der Waals surface area contributed by atoms with E-state index in [0.29, 0.717) is 5.75 Å². The molecule has 32 heavy (non-hydrogen) atoms. The molecular weight excluding hydrogens is 413 g/mol. The van der Waals surface area contributed by atoms with Crippen molar-refractivity contribution in [1.82, 2.24) is 4.98 Å². The van der Waals surface area contributed by atoms with Gasteiger partial charge in [-0.1, -0.05) is 72.8 Å². The van der Waals surface area contributed by atoms with Crippen molar-refractivity contribution in [2.45, 2.75) is 18.3 Å². The number of carbonyl (C=O) groups excluding carboxylic acids is 1. The van der Waals surface area contributed by atoms with Gasteiger partial charge in [0.05, 0.1) is 5.97 Å². The van der Waals surface area contributed by atoms with Crippen molar-refractivity contribution in [3.63, 3.8) is 0 Å². The fourth-order valence-corrected chi connectivity index (χ4v) is 3.89. The zero-order valence-electron chi connectivity index (χ0n) is 17.7. The van der Waals surface area contributed by atoms with Gasteiger partial charge in [0.1, 0.15) is 18.1 Å². The Hall–Kier alpha value is -2.86. The number of aliphatic carboxylic acids is 1. The van der Waals surface area contributed by atoms with E-state index in [1.54, 1.807) is 6.07 Å². The molecule has 0 aliphatic heterocycles. The van der Waals surface area contributed by atoms with Gasteiger partial charge in [0.25, 0.3) is 0 Å². The number of benzene rings is 3. The summed E-state index contributed by atoms with van der Waals surface area (Å²) >= 11 is 0. The molecule has 1 aromatic heterocycles. The number of ether oxygens (including phenoxy) is 1. The Kier molecular flexibility index (Phi) is 6.80. The minimum absolute atomic E-state index is 0. The zero-order chi connectivity index (χ0) is 21.2. The second-order valence-electron chi connectivity index (χ2n) is 7.64. The first kappa shape index (κ1) is 22.3. The molecule has 0 amide bonds. The van der Waals surface area contributed by atoms with Crippen molar-refractivity contribution in [3.8, 4) is 28.3 Å². The molecule has 6 heteroatoms. The normalized spacial score (nSPS) is 16.8. The summed E-state index contributed by atoms with van der Waals surface area (Å²) < 4.78 is 11.6. The Morgan fingerprint density at radius 1 is 0.938 bits per heavy atom. The zero-order valence-corrected chi connectivity index (χ0v) is 19.7. The molecule has 0 saturated heterocycles. The van der Waals surface area contributed by atoms with Crippen molar-refractivity contribution in [3.05, 3.63) is 96.4 Å². The maximum atomic E-state index is 10.7. The maximum absolute atomic E-state index is 10.7. The number of nitrogens with zero attached hydrogens (tertiary/aromatic N) is 1. The van der Waals surface area contributed by atoms with E-state index in [-0.39, 0.29) is 41.4 Å². The molecule has 2 unspecified atom stereocenters. The third-order valence-corrected chi connectivity index (χ3v) is 5.48. The van der Waals surface area contributed by atoms with Crippen LogP contribution in [0.2, 0.25) is 0 Å². The number of oxazole rings is 1. The summed E-state index contributed by atoms with van der Waals surface area (Å²) in [6, 6.07) is 27.6. The van der Waals surface area contributed by atoms with E-state index >= 15 is 0 Å². The van der Waals surface area contributed by atoms with Crippen LogP contribution in [-0.2, 0) is 4.79 Å². The Morgan fingerprint density at radius 3 is 2.31 bits per heavy atom. The predicted molar refractivity (Wildman–Crippen MR) is 114 cm³/mol. The number of aromatic nitrogens is 1. The topological polar surface area (TPSA) is 75.4 Å². The van der Waals surface area contributed by atoms with Gasteiger partial charge in [-0.2, -0.15) is 0 Å². The molecule has 1 fully saturated rings. The van der Waals surface area contributed by atoms with Gasteiger partial charge < -0.3 is 19.1 Å². The molecule has 2 atom stereocenters. The first-order valence-corrected chi connectivity index (χ1v) is 10.2. The van der Waals surface area contributed by atoms with E-state index in [4.69, 9.17) is 14.1 Å². The summed E-state index contributed by atoms with van der Waals surface area (Å²) in [6.07, 6.45) is 0.924. The van der Waals surface area contributed by atoms with E-state index in [9.17, 15) is 9.90 Å². The van der Waals surface area contributed by atoms with Crippen molar-refractivity contribution < 1.29 is 48.6 Å². The predicted octanol–water partition coefficient (Wildman–Crippen LogP) is 1.41. The number of carboxylic acids is 1. The van der Waals surface area contributed by atoms with Crippen LogP contribution in [0.4, 0.5) is 0 Å². The Morgan fingerprint density at radius 2 is 1.62 bits per heavy atom. The van der Waals surface area contributed by atoms with Crippen LogP contribution < -0.4 is 39.4 Å². The van der Waals surface area contributed by atoms with Crippen LogP contribution in [0.25, 0.3) is 22.6 Å². The summed E-state index contributed by atoms with van der Waals surface area (Å²) in [7, 11) is 0. The maximum Gasteiger partial charge on any atom is 1.00 e. The summed E-state index contributed by atoms with van der Waals surface area (Å²) in [5.74, 6) is 1.22. The Labute approximate surface area is 208 Å². The van der Waals surface area contributed by atoms with Gasteiger partial charge in [-0.05, 0) is 30.0 Å². The summed E-state index contributed by atoms with van der Waals surface area (Å²) in [6.45, 7) is -0.460. The molecule has 3 aromatic carbocycles. The molecule has 0 N–H and O–H groups in total. The van der Waals surface area contributed by atoms with E-state index in [1.807, 2.05) is 78.9 Å². The minimum atomic E-state index is -1.24. The first-order valence-electron chi connectivity index (χ1n) is 10.2. The van der Waals surface area contributed by atoms with Crippen LogP contribution in [0.15, 0.2) is 89.3 Å². The SMILES string of the molecule is O=C([O-])COc1cccc(C2CC2c2nc(-c3ccccc3)c(-c3ccccc3)o2)c1.[Na+]. The molecule has 0 bridgehead atoms. The van der Waals surface area contributed by atoms with Gasteiger partial charge in [0.15, 0.2) is 11.7 Å². The molecule has 1 saturated carbocycles. The van der Waals surface area contributed by atoms with Crippen LogP contribution in [-0.4, -0.2) is 17.6 Å². The molecule has 4 aromatic rings. The molecule has 1 heterocycles. The number of carboxylic acid groups (broad SMARTS) is 1. The van der Waals surface area contributed by atoms with Crippen molar-refractivity contribution in [2.24, 2.45) is 0 Å². The monoisotopic (exact) mass is 433 g/mol. The van der Waals surface area contributed by atoms with Gasteiger partial charge in [-0.3, -0.25) is 0 Å². The third kappa shape index (κ3) is 4.80. The smallest absolute Gasteiger partial charge is 0.546 e. The average molecular weight is 433 g/mol. The van der Waals surface area contributed by atoms with Crippen LogP contribution in [0.5, 0.6) is 5.75 Å². The second kappa shape index (κ2) is 9.74. The molecular formula is C26H20NNaO4. The number of hydrogen-bond donors (Lipinski definition) is 0. The minimum Gasteiger partial charge on any atom is -0.546 e. The summed E-state index contributed by atoms with van der Waals surface area (Å²) in [5.41, 5.74) is 3.95. The largest absolute Gasteiger partial charge is 1.00 e. The summed E-state index contributed by atoms with van der Waals surface area (Å²) in [5, 5.41) is 10.7. The quantitative estimate of drug-likeness (QED) is 0.412. The van der Waals surface area contributed by atoms with Crippen molar-refractivity contribution >= 4 is 5.97 Å². The van der Waals surface area contributed by atoms with Crippen LogP contribution in [0, 0.1) is 0 Å². The average Bonchev–Trinajstić information content (AvgIpc) is 3.49. The number of hydrogen-bond acceptors (Lipinski definition) is 5. The van der Waals surface area contributed by atoms with E-state index < -0.39 is 12.6 Å². The third-order valence-electron chi connectivity index (χ3n) is 5.48. The molecule has 1 aliphatic carbocycles. The molecule has 0 spiro atoms. The van der Waals surface area contributed by atoms with E-state index in [0.717, 1.165) is 40.5 Å². The Bertz CT molecular complexity index is 1150. The van der Waals surface area contributed by atoms with Gasteiger partial charge in [0, 0.05) is 17.0 Å². The van der Waals surface area contributed by atoms with Crippen molar-refractivity contribution in [1.29, 1.82) is 0 Å². The fraction of sp³-hybridized carbons (Fsp3) is 0.154. The molecule has 5 rings (SSSR count). The summed E-state index contributed by atoms with van der Waals surface area (Å²) in [4.78, 5) is 15.5. The van der Waals surface area contributed by atoms with Crippen LogP contribution in [0.3, 0.4) is 0 Å². The van der Waals surface area contributed by atoms with Crippen molar-refractivity contribution in [2.75, 3.05) is 6.61 Å². The standard InChI is InChI=1S/C26H21NO4.Na/c28-23(29)16-30-20-13-7-12-19(14-20)21-15-22(21)26-27-24(17-8-3-1-4-9-17)25(31-26)18-10-5-2-6-11-18;/h1-14,21-22H,15-16H2,(H,28,29);/q;+1/p-1. The van der Waals surface area contributed by atoms with Gasteiger partial charge >= 0.3 is 29.6 Å². The molecule has 154 valence electrons. The van der Waals surface area contributed by atoms with Crippen LogP contribution in [0.1, 0.15) is 29.7 Å². The molecule has 1 aliphatic rings. The molecule has 5 nitrogen and oxygen atoms in total. The van der Waals surface area contributed by atoms with E-state index in [1.165, 1.54) is 0 Å². The van der Waals surface area contributed by atoms with E-state index in [2.05, 4.69) is 0 Å². The number of carbonyl (C=O) groups is 1. The molecule has 0 radical (unpaired) electrons. The fourth-order valence-electron chi connectivity index (χ4n) is 3.89. The van der Waals surface area contributed by atoms with Gasteiger partial charge in [-0.15, -0.1) is 0 Å². The van der Waals surface area contributed by atoms with Crippen LogP contribution >= 0.6 is 0 Å². The second-order valence-corrected chi connectivity index (χ2v) is 7.64. The van der Waals surface area contributed by atoms with Gasteiger partial charge in [-0.25, -0.2) is 4.98 Å². The van der Waals surface area contributed by atoms with Gasteiger partial charge in [0.2, 0.25) is 0 Å². The first-order chi connectivity index (χ1) is 15.2. The number of rotatable bonds is 7. The Balaban J connectivity index is 0.00000245.